The van der Waals surface area contributed by atoms with Gasteiger partial charge in [0.2, 0.25) is 5.91 Å². The first-order chi connectivity index (χ1) is 12.3. The zero-order chi connectivity index (χ0) is 17.5. The van der Waals surface area contributed by atoms with Gasteiger partial charge in [-0.3, -0.25) is 9.78 Å². The van der Waals surface area contributed by atoms with Crippen molar-refractivity contribution in [2.24, 2.45) is 0 Å². The van der Waals surface area contributed by atoms with Crippen LogP contribution in [0.1, 0.15) is 17.5 Å². The van der Waals surface area contributed by atoms with E-state index in [2.05, 4.69) is 46.9 Å². The number of rotatable bonds is 7. The van der Waals surface area contributed by atoms with Gasteiger partial charge in [0.1, 0.15) is 0 Å². The molecule has 3 aromatic rings. The van der Waals surface area contributed by atoms with Crippen LogP contribution >= 0.6 is 23.1 Å². The second-order valence-electron chi connectivity index (χ2n) is 5.61. The Morgan fingerprint density at radius 1 is 1.16 bits per heavy atom. The monoisotopic (exact) mass is 368 g/mol. The number of nitrogens with zero attached hydrogens (tertiary/aromatic N) is 1. The lowest BCUT2D eigenvalue weighted by atomic mass is 10.1. The lowest BCUT2D eigenvalue weighted by Crippen LogP contribution is -2.23. The van der Waals surface area contributed by atoms with Crippen molar-refractivity contribution in [3.05, 3.63) is 71.2 Å². The van der Waals surface area contributed by atoms with Crippen molar-refractivity contribution in [1.82, 2.24) is 10.3 Å². The molecule has 0 spiro atoms. The molecule has 0 saturated carbocycles. The van der Waals surface area contributed by atoms with Crippen LogP contribution in [0, 0.1) is 0 Å². The highest BCUT2D eigenvalue weighted by atomic mass is 32.2. The minimum absolute atomic E-state index is 0.0647. The van der Waals surface area contributed by atoms with Crippen LogP contribution in [0.5, 0.6) is 0 Å². The third kappa shape index (κ3) is 4.94. The predicted molar refractivity (Wildman–Crippen MR) is 106 cm³/mol. The van der Waals surface area contributed by atoms with Crippen LogP contribution in [-0.2, 0) is 17.8 Å². The Bertz CT molecular complexity index is 814. The topological polar surface area (TPSA) is 42.0 Å². The summed E-state index contributed by atoms with van der Waals surface area (Å²) in [6, 6.07) is 16.4. The van der Waals surface area contributed by atoms with Crippen LogP contribution in [0.25, 0.3) is 10.6 Å². The first-order valence-corrected chi connectivity index (χ1v) is 10.2. The molecule has 0 aliphatic heterocycles. The van der Waals surface area contributed by atoms with Crippen LogP contribution in [0.4, 0.5) is 0 Å². The number of pyridine rings is 1. The van der Waals surface area contributed by atoms with Gasteiger partial charge in [-0.1, -0.05) is 24.3 Å². The first kappa shape index (κ1) is 17.7. The molecule has 0 aliphatic rings. The van der Waals surface area contributed by atoms with E-state index >= 15 is 0 Å². The van der Waals surface area contributed by atoms with E-state index in [1.165, 1.54) is 10.5 Å². The molecule has 1 N–H and O–H groups in total. The summed E-state index contributed by atoms with van der Waals surface area (Å²) < 4.78 is 0. The first-order valence-electron chi connectivity index (χ1n) is 8.13. The van der Waals surface area contributed by atoms with Gasteiger partial charge >= 0.3 is 0 Å². The molecular formula is C20H20N2OS2. The fraction of sp³-hybridized carbons (Fsp3) is 0.200. The average Bonchev–Trinajstić information content (AvgIpc) is 3.20. The number of hydrogen-bond acceptors (Lipinski definition) is 4. The fourth-order valence-electron chi connectivity index (χ4n) is 2.55. The number of amides is 1. The third-order valence-electron chi connectivity index (χ3n) is 3.92. The Morgan fingerprint density at radius 2 is 2.00 bits per heavy atom. The van der Waals surface area contributed by atoms with Gasteiger partial charge in [0.05, 0.1) is 10.6 Å². The smallest absolute Gasteiger partial charge is 0.220 e. The summed E-state index contributed by atoms with van der Waals surface area (Å²) in [5.74, 6) is 0.0647. The van der Waals surface area contributed by atoms with Gasteiger partial charge in [-0.15, -0.1) is 23.1 Å². The third-order valence-corrected chi connectivity index (χ3v) is 5.54. The summed E-state index contributed by atoms with van der Waals surface area (Å²) in [6.07, 6.45) is 5.10. The normalized spacial score (nSPS) is 10.6. The minimum Gasteiger partial charge on any atom is -0.352 e. The average molecular weight is 369 g/mol. The van der Waals surface area contributed by atoms with E-state index in [1.54, 1.807) is 29.3 Å². The molecule has 0 atom stereocenters. The molecule has 1 aromatic carbocycles. The van der Waals surface area contributed by atoms with Crippen molar-refractivity contribution in [3.63, 3.8) is 0 Å². The van der Waals surface area contributed by atoms with E-state index in [-0.39, 0.29) is 5.91 Å². The molecule has 1 amide bonds. The number of carbonyl (C=O) groups is 1. The Balaban J connectivity index is 1.54. The molecule has 2 aromatic heterocycles. The maximum Gasteiger partial charge on any atom is 0.220 e. The van der Waals surface area contributed by atoms with Crippen molar-refractivity contribution in [1.29, 1.82) is 0 Å². The van der Waals surface area contributed by atoms with Gasteiger partial charge in [0.15, 0.2) is 0 Å². The SMILES string of the molecule is CSc1ccc(CCC(=O)NCc2cccnc2-c2cccs2)cc1. The molecule has 0 saturated heterocycles. The molecule has 0 fully saturated rings. The Kier molecular flexibility index (Phi) is 6.25. The molecule has 0 radical (unpaired) electrons. The Labute approximate surface area is 156 Å². The number of thiophene rings is 1. The maximum atomic E-state index is 12.2. The van der Waals surface area contributed by atoms with Crippen molar-refractivity contribution in [2.75, 3.05) is 6.26 Å². The fourth-order valence-corrected chi connectivity index (χ4v) is 3.71. The molecule has 0 unspecified atom stereocenters. The highest BCUT2D eigenvalue weighted by Gasteiger charge is 2.09. The number of thioether (sulfide) groups is 1. The summed E-state index contributed by atoms with van der Waals surface area (Å²) in [4.78, 5) is 19.0. The molecule has 3 rings (SSSR count). The van der Waals surface area contributed by atoms with E-state index in [0.29, 0.717) is 13.0 Å². The zero-order valence-corrected chi connectivity index (χ0v) is 15.7. The molecule has 25 heavy (non-hydrogen) atoms. The van der Waals surface area contributed by atoms with Crippen LogP contribution in [0.2, 0.25) is 0 Å². The summed E-state index contributed by atoms with van der Waals surface area (Å²) in [5, 5.41) is 5.05. The molecule has 0 bridgehead atoms. The minimum atomic E-state index is 0.0647. The predicted octanol–water partition coefficient (Wildman–Crippen LogP) is 4.78. The number of nitrogens with one attached hydrogen (secondary N) is 1. The second kappa shape index (κ2) is 8.83. The summed E-state index contributed by atoms with van der Waals surface area (Å²) in [5.41, 5.74) is 3.18. The van der Waals surface area contributed by atoms with Crippen molar-refractivity contribution in [3.8, 4) is 10.6 Å². The Morgan fingerprint density at radius 3 is 2.72 bits per heavy atom. The number of hydrogen-bond donors (Lipinski definition) is 1. The molecule has 2 heterocycles. The number of carbonyl (C=O) groups excluding carboxylic acids is 1. The molecule has 128 valence electrons. The van der Waals surface area contributed by atoms with E-state index in [9.17, 15) is 4.79 Å². The van der Waals surface area contributed by atoms with Gasteiger partial charge in [0.25, 0.3) is 0 Å². The highest BCUT2D eigenvalue weighted by Crippen LogP contribution is 2.25. The van der Waals surface area contributed by atoms with Crippen LogP contribution in [-0.4, -0.2) is 17.1 Å². The molecule has 5 heteroatoms. The maximum absolute atomic E-state index is 12.2. The molecule has 3 nitrogen and oxygen atoms in total. The van der Waals surface area contributed by atoms with Gasteiger partial charge in [-0.2, -0.15) is 0 Å². The second-order valence-corrected chi connectivity index (χ2v) is 7.44. The van der Waals surface area contributed by atoms with Crippen LogP contribution in [0.15, 0.2) is 65.0 Å². The van der Waals surface area contributed by atoms with E-state index in [4.69, 9.17) is 0 Å². The molecular weight excluding hydrogens is 348 g/mol. The standard InChI is InChI=1S/C20H20N2OS2/c1-24-17-9-6-15(7-10-17)8-11-19(23)22-14-16-4-2-12-21-20(16)18-5-3-13-25-18/h2-7,9-10,12-13H,8,11,14H2,1H3,(H,22,23). The van der Waals surface area contributed by atoms with Crippen LogP contribution in [0.3, 0.4) is 0 Å². The van der Waals surface area contributed by atoms with Gasteiger partial charge < -0.3 is 5.32 Å². The van der Waals surface area contributed by atoms with Crippen LogP contribution < -0.4 is 5.32 Å². The lowest BCUT2D eigenvalue weighted by Gasteiger charge is -2.09. The van der Waals surface area contributed by atoms with E-state index in [1.807, 2.05) is 23.6 Å². The van der Waals surface area contributed by atoms with Crippen molar-refractivity contribution in [2.45, 2.75) is 24.3 Å². The van der Waals surface area contributed by atoms with Crippen molar-refractivity contribution >= 4 is 29.0 Å². The van der Waals surface area contributed by atoms with Gasteiger partial charge in [-0.25, -0.2) is 0 Å². The van der Waals surface area contributed by atoms with Gasteiger partial charge in [-0.05, 0) is 53.4 Å². The highest BCUT2D eigenvalue weighted by molar-refractivity contribution is 7.98. The number of aryl methyl sites for hydroxylation is 1. The quantitative estimate of drug-likeness (QED) is 0.610. The van der Waals surface area contributed by atoms with E-state index in [0.717, 1.165) is 22.6 Å². The van der Waals surface area contributed by atoms with E-state index < -0.39 is 0 Å². The largest absolute Gasteiger partial charge is 0.352 e. The zero-order valence-electron chi connectivity index (χ0n) is 14.1. The van der Waals surface area contributed by atoms with Gasteiger partial charge in [0, 0.05) is 24.1 Å². The summed E-state index contributed by atoms with van der Waals surface area (Å²) >= 11 is 3.38. The number of aromatic nitrogens is 1. The summed E-state index contributed by atoms with van der Waals surface area (Å²) in [6.45, 7) is 0.505. The molecule has 0 aliphatic carbocycles. The summed E-state index contributed by atoms with van der Waals surface area (Å²) in [7, 11) is 0. The van der Waals surface area contributed by atoms with Crippen molar-refractivity contribution < 1.29 is 4.79 Å². The Hall–Kier alpha value is -2.11. The number of benzene rings is 1. The lowest BCUT2D eigenvalue weighted by molar-refractivity contribution is -0.121.